The van der Waals surface area contributed by atoms with Crippen LogP contribution >= 0.6 is 0 Å². The van der Waals surface area contributed by atoms with Crippen LogP contribution in [0.3, 0.4) is 0 Å². The van der Waals surface area contributed by atoms with E-state index in [-0.39, 0.29) is 5.41 Å². The fraction of sp³-hybridized carbons (Fsp3) is 0.250. The largest absolute Gasteiger partial charge is 0.174 e. The molecule has 0 atom stereocenters. The SMILES string of the molecule is CC(C)([C]1C=CN=N1)c1ccccc1. The molecule has 2 rings (SSSR count). The van der Waals surface area contributed by atoms with E-state index in [4.69, 9.17) is 0 Å². The summed E-state index contributed by atoms with van der Waals surface area (Å²) in [5.74, 6) is 0. The maximum Gasteiger partial charge on any atom is 0.142 e. The zero-order valence-electron chi connectivity index (χ0n) is 8.44. The van der Waals surface area contributed by atoms with E-state index in [1.165, 1.54) is 5.56 Å². The van der Waals surface area contributed by atoms with Gasteiger partial charge in [-0.15, -0.1) is 0 Å². The Morgan fingerprint density at radius 1 is 1.07 bits per heavy atom. The summed E-state index contributed by atoms with van der Waals surface area (Å²) in [6, 6.07) is 11.4. The Kier molecular flexibility index (Phi) is 2.20. The molecular weight excluding hydrogens is 172 g/mol. The van der Waals surface area contributed by atoms with Gasteiger partial charge in [0.15, 0.2) is 0 Å². The zero-order chi connectivity index (χ0) is 10.0. The molecule has 0 saturated heterocycles. The lowest BCUT2D eigenvalue weighted by Gasteiger charge is -2.26. The minimum atomic E-state index is -0.0578. The predicted molar refractivity (Wildman–Crippen MR) is 56.7 cm³/mol. The van der Waals surface area contributed by atoms with Crippen molar-refractivity contribution in [3.05, 3.63) is 54.2 Å². The normalized spacial score (nSPS) is 16.4. The van der Waals surface area contributed by atoms with E-state index in [0.717, 1.165) is 6.04 Å². The van der Waals surface area contributed by atoms with Crippen LogP contribution in [0.5, 0.6) is 0 Å². The average Bonchev–Trinajstić information content (AvgIpc) is 2.72. The molecule has 0 aliphatic carbocycles. The van der Waals surface area contributed by atoms with Gasteiger partial charge in [-0.3, -0.25) is 0 Å². The topological polar surface area (TPSA) is 24.7 Å². The van der Waals surface area contributed by atoms with E-state index < -0.39 is 0 Å². The van der Waals surface area contributed by atoms with Crippen molar-refractivity contribution in [2.75, 3.05) is 0 Å². The second-order valence-electron chi connectivity index (χ2n) is 3.91. The molecule has 0 fully saturated rings. The zero-order valence-corrected chi connectivity index (χ0v) is 8.44. The first kappa shape index (κ1) is 9.13. The lowest BCUT2D eigenvalue weighted by Crippen LogP contribution is -2.23. The van der Waals surface area contributed by atoms with Crippen molar-refractivity contribution >= 4 is 0 Å². The number of azo groups is 1. The molecule has 2 heteroatoms. The Labute approximate surface area is 84.4 Å². The fourth-order valence-corrected chi connectivity index (χ4v) is 1.57. The van der Waals surface area contributed by atoms with Crippen molar-refractivity contribution < 1.29 is 0 Å². The van der Waals surface area contributed by atoms with Crippen LogP contribution in [-0.2, 0) is 5.41 Å². The molecule has 1 aromatic rings. The molecule has 71 valence electrons. The third kappa shape index (κ3) is 1.48. The molecule has 0 bridgehead atoms. The Hall–Kier alpha value is -1.44. The van der Waals surface area contributed by atoms with Crippen LogP contribution in [0, 0.1) is 6.04 Å². The lowest BCUT2D eigenvalue weighted by atomic mass is 9.78. The first-order valence-corrected chi connectivity index (χ1v) is 4.71. The van der Waals surface area contributed by atoms with E-state index in [1.54, 1.807) is 6.20 Å². The number of rotatable bonds is 2. The number of hydrogen-bond donors (Lipinski definition) is 0. The van der Waals surface area contributed by atoms with Gasteiger partial charge in [-0.05, 0) is 11.6 Å². The number of benzene rings is 1. The molecule has 0 spiro atoms. The molecule has 0 aromatic heterocycles. The van der Waals surface area contributed by atoms with Gasteiger partial charge in [-0.2, -0.15) is 10.2 Å². The van der Waals surface area contributed by atoms with Gasteiger partial charge in [0.1, 0.15) is 6.04 Å². The van der Waals surface area contributed by atoms with E-state index in [0.29, 0.717) is 0 Å². The first-order valence-electron chi connectivity index (χ1n) is 4.71. The third-order valence-corrected chi connectivity index (χ3v) is 2.60. The molecule has 1 aliphatic heterocycles. The first-order chi connectivity index (χ1) is 6.71. The standard InChI is InChI=1S/C12H13N2/c1-12(2,11-8-9-13-14-11)10-6-4-3-5-7-10/h3-9H,1-2H3. The summed E-state index contributed by atoms with van der Waals surface area (Å²) in [5, 5.41) is 7.98. The number of nitrogens with zero attached hydrogens (tertiary/aromatic N) is 2. The molecule has 14 heavy (non-hydrogen) atoms. The van der Waals surface area contributed by atoms with Crippen LogP contribution in [0.15, 0.2) is 52.8 Å². The van der Waals surface area contributed by atoms with Crippen molar-refractivity contribution in [3.63, 3.8) is 0 Å². The van der Waals surface area contributed by atoms with Crippen LogP contribution < -0.4 is 0 Å². The van der Waals surface area contributed by atoms with Gasteiger partial charge in [0.2, 0.25) is 0 Å². The van der Waals surface area contributed by atoms with Crippen molar-refractivity contribution in [2.24, 2.45) is 10.2 Å². The van der Waals surface area contributed by atoms with Gasteiger partial charge in [0.05, 0.1) is 0 Å². The summed E-state index contributed by atoms with van der Waals surface area (Å²) >= 11 is 0. The maximum absolute atomic E-state index is 4.11. The minimum absolute atomic E-state index is 0.0578. The maximum atomic E-state index is 4.11. The van der Waals surface area contributed by atoms with Gasteiger partial charge < -0.3 is 0 Å². The minimum Gasteiger partial charge on any atom is -0.174 e. The van der Waals surface area contributed by atoms with Gasteiger partial charge >= 0.3 is 0 Å². The average molecular weight is 185 g/mol. The highest BCUT2D eigenvalue weighted by Gasteiger charge is 2.31. The predicted octanol–water partition coefficient (Wildman–Crippen LogP) is 3.48. The molecule has 0 saturated carbocycles. The fourth-order valence-electron chi connectivity index (χ4n) is 1.57. The summed E-state index contributed by atoms with van der Waals surface area (Å²) in [6.45, 7) is 4.32. The molecular formula is C12H13N2. The summed E-state index contributed by atoms with van der Waals surface area (Å²) in [4.78, 5) is 0. The summed E-state index contributed by atoms with van der Waals surface area (Å²) in [6.07, 6.45) is 3.70. The van der Waals surface area contributed by atoms with Gasteiger partial charge in [-0.1, -0.05) is 44.2 Å². The van der Waals surface area contributed by atoms with Crippen molar-refractivity contribution in [2.45, 2.75) is 19.3 Å². The highest BCUT2D eigenvalue weighted by Crippen LogP contribution is 2.37. The molecule has 0 amide bonds. The van der Waals surface area contributed by atoms with Crippen LogP contribution in [0.4, 0.5) is 0 Å². The van der Waals surface area contributed by atoms with Gasteiger partial charge in [-0.25, -0.2) is 0 Å². The third-order valence-electron chi connectivity index (χ3n) is 2.60. The van der Waals surface area contributed by atoms with E-state index in [2.05, 4.69) is 36.2 Å². The molecule has 1 aliphatic rings. The van der Waals surface area contributed by atoms with Gasteiger partial charge in [0.25, 0.3) is 0 Å². The smallest absolute Gasteiger partial charge is 0.142 e. The van der Waals surface area contributed by atoms with Crippen LogP contribution in [0.2, 0.25) is 0 Å². The van der Waals surface area contributed by atoms with Crippen LogP contribution in [0.25, 0.3) is 0 Å². The molecule has 0 unspecified atom stereocenters. The Morgan fingerprint density at radius 2 is 1.79 bits per heavy atom. The lowest BCUT2D eigenvalue weighted by molar-refractivity contribution is 0.557. The quantitative estimate of drug-likeness (QED) is 0.674. The summed E-state index contributed by atoms with van der Waals surface area (Å²) in [7, 11) is 0. The second-order valence-corrected chi connectivity index (χ2v) is 3.91. The van der Waals surface area contributed by atoms with Gasteiger partial charge in [0, 0.05) is 11.6 Å². The van der Waals surface area contributed by atoms with E-state index in [9.17, 15) is 0 Å². The van der Waals surface area contributed by atoms with E-state index in [1.807, 2.05) is 24.3 Å². The summed E-state index contributed by atoms with van der Waals surface area (Å²) < 4.78 is 0. The van der Waals surface area contributed by atoms with E-state index >= 15 is 0 Å². The second kappa shape index (κ2) is 3.37. The Morgan fingerprint density at radius 3 is 2.36 bits per heavy atom. The highest BCUT2D eigenvalue weighted by molar-refractivity contribution is 5.35. The molecule has 1 aromatic carbocycles. The monoisotopic (exact) mass is 185 g/mol. The highest BCUT2D eigenvalue weighted by atomic mass is 15.1. The number of hydrogen-bond acceptors (Lipinski definition) is 2. The Bertz CT molecular complexity index is 351. The summed E-state index contributed by atoms with van der Waals surface area (Å²) in [5.41, 5.74) is 1.21. The Balaban J connectivity index is 2.32. The van der Waals surface area contributed by atoms with Crippen LogP contribution in [0.1, 0.15) is 19.4 Å². The van der Waals surface area contributed by atoms with Crippen molar-refractivity contribution in [1.82, 2.24) is 0 Å². The molecule has 1 heterocycles. The van der Waals surface area contributed by atoms with Crippen molar-refractivity contribution in [1.29, 1.82) is 0 Å². The molecule has 0 N–H and O–H groups in total. The molecule has 1 radical (unpaired) electrons. The van der Waals surface area contributed by atoms with Crippen molar-refractivity contribution in [3.8, 4) is 0 Å². The van der Waals surface area contributed by atoms with Crippen LogP contribution in [-0.4, -0.2) is 0 Å². The molecule has 2 nitrogen and oxygen atoms in total.